The zero-order valence-electron chi connectivity index (χ0n) is 9.29. The molecule has 4 nitrogen and oxygen atoms in total. The van der Waals surface area contributed by atoms with E-state index in [0.717, 1.165) is 0 Å². The molecule has 5 heteroatoms. The summed E-state index contributed by atoms with van der Waals surface area (Å²) in [6, 6.07) is 0. The number of rotatable bonds is 7. The number of hydrogen-bond acceptors (Lipinski definition) is 4. The first-order valence-corrected chi connectivity index (χ1v) is 5.38. The average Bonchev–Trinajstić information content (AvgIpc) is 2.24. The first-order valence-electron chi connectivity index (χ1n) is 4.84. The molecule has 0 aliphatic carbocycles. The van der Waals surface area contributed by atoms with Crippen molar-refractivity contribution in [1.29, 1.82) is 0 Å². The number of ether oxygens (including phenoxy) is 2. The van der Waals surface area contributed by atoms with Crippen LogP contribution in [-0.4, -0.2) is 37.5 Å². The lowest BCUT2D eigenvalue weighted by atomic mass is 10.0. The first-order chi connectivity index (χ1) is 7.06. The van der Waals surface area contributed by atoms with Crippen molar-refractivity contribution in [1.82, 2.24) is 0 Å². The van der Waals surface area contributed by atoms with Gasteiger partial charge in [0.15, 0.2) is 0 Å². The van der Waals surface area contributed by atoms with Crippen LogP contribution in [0.1, 0.15) is 20.3 Å². The molecular weight excluding hydrogens is 220 g/mol. The molecule has 0 aromatic carbocycles. The van der Waals surface area contributed by atoms with Gasteiger partial charge in [0, 0.05) is 19.4 Å². The quantitative estimate of drug-likeness (QED) is 0.381. The number of hydrogen-bond donors (Lipinski definition) is 0. The van der Waals surface area contributed by atoms with Gasteiger partial charge in [-0.3, -0.25) is 9.59 Å². The summed E-state index contributed by atoms with van der Waals surface area (Å²) in [6.45, 7) is 3.51. The molecule has 0 N–H and O–H groups in total. The van der Waals surface area contributed by atoms with E-state index < -0.39 is 11.9 Å². The largest absolute Gasteiger partial charge is 0.465 e. The third-order valence-corrected chi connectivity index (χ3v) is 2.40. The normalized spacial score (nSPS) is 14.4. The van der Waals surface area contributed by atoms with E-state index >= 15 is 0 Å². The van der Waals surface area contributed by atoms with E-state index in [1.807, 2.05) is 0 Å². The Labute approximate surface area is 94.9 Å². The number of Topliss-reactive ketones (excluding diaryl/α,β-unsaturated/α-hetero) is 1. The van der Waals surface area contributed by atoms with E-state index in [9.17, 15) is 9.59 Å². The molecule has 1 unspecified atom stereocenters. The zero-order valence-corrected chi connectivity index (χ0v) is 10.0. The number of methoxy groups -OCH3 is 1. The molecule has 0 radical (unpaired) electrons. The molecule has 0 aliphatic heterocycles. The van der Waals surface area contributed by atoms with Crippen molar-refractivity contribution in [3.63, 3.8) is 0 Å². The highest BCUT2D eigenvalue weighted by atomic mass is 35.5. The molecule has 0 saturated carbocycles. The van der Waals surface area contributed by atoms with Crippen LogP contribution >= 0.6 is 11.6 Å². The standard InChI is InChI=1S/C10H17ClO4/c1-4-15-10(13)7(2)9(12)5-8(6-11)14-3/h7-8H,4-6H2,1-3H3/t7?,8-/m0/s1. The summed E-state index contributed by atoms with van der Waals surface area (Å²) in [6.07, 6.45) is -0.198. The number of carbonyl (C=O) groups is 2. The molecule has 0 aromatic rings. The Hall–Kier alpha value is -0.610. The fourth-order valence-corrected chi connectivity index (χ4v) is 1.24. The van der Waals surface area contributed by atoms with Crippen molar-refractivity contribution in [2.24, 2.45) is 5.92 Å². The maximum absolute atomic E-state index is 11.5. The van der Waals surface area contributed by atoms with Gasteiger partial charge in [0.05, 0.1) is 12.7 Å². The molecule has 0 amide bonds. The van der Waals surface area contributed by atoms with Crippen LogP contribution in [0.25, 0.3) is 0 Å². The molecular formula is C10H17ClO4. The zero-order chi connectivity index (χ0) is 11.8. The van der Waals surface area contributed by atoms with Gasteiger partial charge in [-0.15, -0.1) is 11.6 Å². The van der Waals surface area contributed by atoms with Gasteiger partial charge in [-0.1, -0.05) is 0 Å². The van der Waals surface area contributed by atoms with Crippen molar-refractivity contribution in [3.8, 4) is 0 Å². The fourth-order valence-electron chi connectivity index (χ4n) is 1.00. The van der Waals surface area contributed by atoms with Crippen LogP contribution in [0.4, 0.5) is 0 Å². The van der Waals surface area contributed by atoms with Gasteiger partial charge in [-0.25, -0.2) is 0 Å². The van der Waals surface area contributed by atoms with Crippen molar-refractivity contribution < 1.29 is 19.1 Å². The maximum Gasteiger partial charge on any atom is 0.316 e. The molecule has 88 valence electrons. The lowest BCUT2D eigenvalue weighted by Crippen LogP contribution is -2.28. The van der Waals surface area contributed by atoms with Gasteiger partial charge in [-0.05, 0) is 13.8 Å². The molecule has 0 aromatic heterocycles. The van der Waals surface area contributed by atoms with Crippen LogP contribution in [0.5, 0.6) is 0 Å². The van der Waals surface area contributed by atoms with Gasteiger partial charge < -0.3 is 9.47 Å². The molecule has 0 rings (SSSR count). The monoisotopic (exact) mass is 236 g/mol. The Bertz CT molecular complexity index is 213. The van der Waals surface area contributed by atoms with Crippen molar-refractivity contribution >= 4 is 23.4 Å². The summed E-state index contributed by atoms with van der Waals surface area (Å²) in [5.74, 6) is -1.21. The highest BCUT2D eigenvalue weighted by Gasteiger charge is 2.24. The van der Waals surface area contributed by atoms with Crippen LogP contribution in [0.3, 0.4) is 0 Å². The Balaban J connectivity index is 4.14. The second-order valence-corrected chi connectivity index (χ2v) is 3.46. The summed E-state index contributed by atoms with van der Waals surface area (Å²) < 4.78 is 9.70. The van der Waals surface area contributed by atoms with E-state index in [1.165, 1.54) is 14.0 Å². The van der Waals surface area contributed by atoms with E-state index in [0.29, 0.717) is 0 Å². The first kappa shape index (κ1) is 14.4. The van der Waals surface area contributed by atoms with E-state index in [2.05, 4.69) is 0 Å². The smallest absolute Gasteiger partial charge is 0.316 e. The Morgan fingerprint density at radius 2 is 2.00 bits per heavy atom. The number of halogens is 1. The van der Waals surface area contributed by atoms with Crippen molar-refractivity contribution in [2.45, 2.75) is 26.4 Å². The SMILES string of the molecule is CCOC(=O)C(C)C(=O)C[C@@H](CCl)OC. The Morgan fingerprint density at radius 1 is 1.40 bits per heavy atom. The molecule has 0 spiro atoms. The van der Waals surface area contributed by atoms with E-state index in [1.54, 1.807) is 6.92 Å². The van der Waals surface area contributed by atoms with Crippen molar-refractivity contribution in [2.75, 3.05) is 19.6 Å². The van der Waals surface area contributed by atoms with Gasteiger partial charge in [0.2, 0.25) is 0 Å². The minimum absolute atomic E-state index is 0.139. The maximum atomic E-state index is 11.5. The average molecular weight is 237 g/mol. The van der Waals surface area contributed by atoms with Gasteiger partial charge in [-0.2, -0.15) is 0 Å². The highest BCUT2D eigenvalue weighted by molar-refractivity contribution is 6.18. The lowest BCUT2D eigenvalue weighted by Gasteiger charge is -2.14. The summed E-state index contributed by atoms with van der Waals surface area (Å²) in [4.78, 5) is 22.8. The molecule has 15 heavy (non-hydrogen) atoms. The van der Waals surface area contributed by atoms with Crippen LogP contribution in [0, 0.1) is 5.92 Å². The molecule has 0 bridgehead atoms. The topological polar surface area (TPSA) is 52.6 Å². The molecule has 0 heterocycles. The van der Waals surface area contributed by atoms with Crippen LogP contribution in [-0.2, 0) is 19.1 Å². The minimum atomic E-state index is -0.745. The Morgan fingerprint density at radius 3 is 2.40 bits per heavy atom. The number of alkyl halides is 1. The highest BCUT2D eigenvalue weighted by Crippen LogP contribution is 2.09. The van der Waals surface area contributed by atoms with Crippen molar-refractivity contribution in [3.05, 3.63) is 0 Å². The summed E-state index contributed by atoms with van der Waals surface area (Å²) >= 11 is 5.56. The molecule has 2 atom stereocenters. The summed E-state index contributed by atoms with van der Waals surface area (Å²) in [5.41, 5.74) is 0. The van der Waals surface area contributed by atoms with E-state index in [4.69, 9.17) is 21.1 Å². The molecule has 0 fully saturated rings. The van der Waals surface area contributed by atoms with E-state index in [-0.39, 0.29) is 30.8 Å². The summed E-state index contributed by atoms with van der Waals surface area (Å²) in [5, 5.41) is 0. The van der Waals surface area contributed by atoms with Crippen LogP contribution < -0.4 is 0 Å². The third kappa shape index (κ3) is 5.14. The molecule has 0 aliphatic rings. The number of esters is 1. The number of carbonyl (C=O) groups excluding carboxylic acids is 2. The third-order valence-electron chi connectivity index (χ3n) is 2.06. The number of ketones is 1. The summed E-state index contributed by atoms with van der Waals surface area (Å²) in [7, 11) is 1.48. The predicted octanol–water partition coefficient (Wildman–Crippen LogP) is 1.40. The van der Waals surface area contributed by atoms with Crippen LogP contribution in [0.15, 0.2) is 0 Å². The fraction of sp³-hybridized carbons (Fsp3) is 0.800. The van der Waals surface area contributed by atoms with Gasteiger partial charge in [0.25, 0.3) is 0 Å². The van der Waals surface area contributed by atoms with Gasteiger partial charge in [0.1, 0.15) is 11.7 Å². The Kier molecular flexibility index (Phi) is 7.34. The predicted molar refractivity (Wildman–Crippen MR) is 56.9 cm³/mol. The van der Waals surface area contributed by atoms with Crippen LogP contribution in [0.2, 0.25) is 0 Å². The van der Waals surface area contributed by atoms with Gasteiger partial charge >= 0.3 is 5.97 Å². The lowest BCUT2D eigenvalue weighted by molar-refractivity contribution is -0.151. The molecule has 0 saturated heterocycles. The second kappa shape index (κ2) is 7.65. The second-order valence-electron chi connectivity index (χ2n) is 3.16. The minimum Gasteiger partial charge on any atom is -0.465 e.